The average molecular weight is 318 g/mol. The molecule has 7 nitrogen and oxygen atoms in total. The highest BCUT2D eigenvalue weighted by atomic mass is 16.3. The quantitative estimate of drug-likeness (QED) is 0.881. The number of aromatic nitrogens is 2. The molecule has 0 bridgehead atoms. The monoisotopic (exact) mass is 318 g/mol. The minimum absolute atomic E-state index is 0.270. The first kappa shape index (κ1) is 15.6. The van der Waals surface area contributed by atoms with E-state index >= 15 is 0 Å². The first-order valence-electron chi connectivity index (χ1n) is 7.75. The van der Waals surface area contributed by atoms with Gasteiger partial charge in [0.1, 0.15) is 11.6 Å². The van der Waals surface area contributed by atoms with Crippen molar-refractivity contribution in [1.29, 1.82) is 0 Å². The molecule has 1 atom stereocenters. The topological polar surface area (TPSA) is 72.4 Å². The third-order valence-electron chi connectivity index (χ3n) is 4.56. The first-order chi connectivity index (χ1) is 11.0. The van der Waals surface area contributed by atoms with Crippen LogP contribution < -0.4 is 21.5 Å². The van der Waals surface area contributed by atoms with Gasteiger partial charge in [-0.15, -0.1) is 0 Å². The molecule has 3 heterocycles. The van der Waals surface area contributed by atoms with Crippen LogP contribution in [0.3, 0.4) is 0 Å². The van der Waals surface area contributed by atoms with Crippen LogP contribution in [0.15, 0.2) is 32.4 Å². The van der Waals surface area contributed by atoms with Crippen molar-refractivity contribution in [2.24, 2.45) is 14.1 Å². The summed E-state index contributed by atoms with van der Waals surface area (Å²) in [5, 5.41) is 3.51. The van der Waals surface area contributed by atoms with E-state index in [0.717, 1.165) is 41.9 Å². The Morgan fingerprint density at radius 1 is 1.30 bits per heavy atom. The zero-order valence-corrected chi connectivity index (χ0v) is 13.7. The predicted molar refractivity (Wildman–Crippen MR) is 87.8 cm³/mol. The Morgan fingerprint density at radius 2 is 2.09 bits per heavy atom. The molecule has 0 saturated carbocycles. The molecule has 7 heteroatoms. The Hall–Kier alpha value is -2.28. The van der Waals surface area contributed by atoms with Crippen LogP contribution in [0.5, 0.6) is 0 Å². The van der Waals surface area contributed by atoms with Crippen LogP contribution in [-0.2, 0) is 20.6 Å². The van der Waals surface area contributed by atoms with Crippen molar-refractivity contribution in [3.63, 3.8) is 0 Å². The van der Waals surface area contributed by atoms with Crippen LogP contribution in [0, 0.1) is 6.92 Å². The molecule has 1 N–H and O–H groups in total. The molecule has 0 amide bonds. The molecule has 2 aromatic rings. The van der Waals surface area contributed by atoms with Gasteiger partial charge in [-0.05, 0) is 19.4 Å². The molecule has 0 radical (unpaired) electrons. The lowest BCUT2D eigenvalue weighted by Gasteiger charge is -2.21. The summed E-state index contributed by atoms with van der Waals surface area (Å²) in [6.07, 6.45) is 2.67. The molecule has 1 aliphatic rings. The number of hydrogen-bond donors (Lipinski definition) is 1. The molecule has 124 valence electrons. The van der Waals surface area contributed by atoms with Crippen molar-refractivity contribution >= 4 is 5.82 Å². The minimum Gasteiger partial charge on any atom is -0.469 e. The number of hydrogen-bond acceptors (Lipinski definition) is 5. The second-order valence-corrected chi connectivity index (χ2v) is 6.06. The highest BCUT2D eigenvalue weighted by molar-refractivity contribution is 5.40. The lowest BCUT2D eigenvalue weighted by Crippen LogP contribution is -2.40. The van der Waals surface area contributed by atoms with Gasteiger partial charge in [-0.25, -0.2) is 4.79 Å². The summed E-state index contributed by atoms with van der Waals surface area (Å²) in [5.74, 6) is 1.61. The van der Waals surface area contributed by atoms with Crippen LogP contribution in [0.4, 0.5) is 5.82 Å². The molecular formula is C16H22N4O3. The van der Waals surface area contributed by atoms with Gasteiger partial charge in [-0.1, -0.05) is 0 Å². The molecule has 1 fully saturated rings. The lowest BCUT2D eigenvalue weighted by molar-refractivity contribution is 0.514. The van der Waals surface area contributed by atoms with Gasteiger partial charge in [0.2, 0.25) is 0 Å². The van der Waals surface area contributed by atoms with E-state index in [1.54, 1.807) is 13.3 Å². The predicted octanol–water partition coefficient (Wildman–Crippen LogP) is 0.354. The average Bonchev–Trinajstić information content (AvgIpc) is 3.16. The minimum atomic E-state index is -0.294. The van der Waals surface area contributed by atoms with E-state index in [9.17, 15) is 9.59 Å². The zero-order chi connectivity index (χ0) is 16.6. The van der Waals surface area contributed by atoms with Gasteiger partial charge in [0.05, 0.1) is 6.26 Å². The maximum absolute atomic E-state index is 12.0. The van der Waals surface area contributed by atoms with E-state index in [2.05, 4.69) is 10.2 Å². The van der Waals surface area contributed by atoms with Gasteiger partial charge in [-0.3, -0.25) is 13.9 Å². The smallest absolute Gasteiger partial charge is 0.332 e. The second-order valence-electron chi connectivity index (χ2n) is 6.06. The molecule has 0 spiro atoms. The van der Waals surface area contributed by atoms with Gasteiger partial charge in [0.25, 0.3) is 5.56 Å². The Labute approximate surface area is 134 Å². The van der Waals surface area contributed by atoms with E-state index in [4.69, 9.17) is 4.42 Å². The SMILES string of the molecule is Cc1occc1CN[C@@H]1CCN(c2cc(=O)n(C)c(=O)n2C)C1. The van der Waals surface area contributed by atoms with E-state index in [1.165, 1.54) is 17.7 Å². The summed E-state index contributed by atoms with van der Waals surface area (Å²) in [5.41, 5.74) is 0.593. The number of anilines is 1. The lowest BCUT2D eigenvalue weighted by atomic mass is 10.2. The molecule has 0 unspecified atom stereocenters. The van der Waals surface area contributed by atoms with Gasteiger partial charge < -0.3 is 14.6 Å². The maximum Gasteiger partial charge on any atom is 0.332 e. The first-order valence-corrected chi connectivity index (χ1v) is 7.75. The summed E-state index contributed by atoms with van der Waals surface area (Å²) in [4.78, 5) is 26.0. The third kappa shape index (κ3) is 2.96. The van der Waals surface area contributed by atoms with Crippen molar-refractivity contribution in [3.05, 3.63) is 50.6 Å². The number of furan rings is 1. The van der Waals surface area contributed by atoms with Crippen molar-refractivity contribution in [2.75, 3.05) is 18.0 Å². The highest BCUT2D eigenvalue weighted by Gasteiger charge is 2.24. The van der Waals surface area contributed by atoms with E-state index < -0.39 is 0 Å². The summed E-state index contributed by atoms with van der Waals surface area (Å²) < 4.78 is 7.95. The molecule has 1 saturated heterocycles. The molecule has 1 aliphatic heterocycles. The summed E-state index contributed by atoms with van der Waals surface area (Å²) in [6, 6.07) is 3.83. The Kier molecular flexibility index (Phi) is 4.12. The van der Waals surface area contributed by atoms with Crippen molar-refractivity contribution in [3.8, 4) is 0 Å². The molecule has 23 heavy (non-hydrogen) atoms. The van der Waals surface area contributed by atoms with Crippen LogP contribution in [0.2, 0.25) is 0 Å². The van der Waals surface area contributed by atoms with E-state index in [0.29, 0.717) is 11.9 Å². The Morgan fingerprint density at radius 3 is 2.78 bits per heavy atom. The third-order valence-corrected chi connectivity index (χ3v) is 4.56. The highest BCUT2D eigenvalue weighted by Crippen LogP contribution is 2.18. The van der Waals surface area contributed by atoms with Crippen molar-refractivity contribution < 1.29 is 4.42 Å². The summed E-state index contributed by atoms with van der Waals surface area (Å²) in [7, 11) is 3.20. The molecule has 0 aliphatic carbocycles. The van der Waals surface area contributed by atoms with Crippen molar-refractivity contribution in [2.45, 2.75) is 25.9 Å². The molecule has 2 aromatic heterocycles. The molecule has 3 rings (SSSR count). The Balaban J connectivity index is 1.70. The van der Waals surface area contributed by atoms with Gasteiger partial charge in [0, 0.05) is 51.4 Å². The Bertz CT molecular complexity index is 817. The van der Waals surface area contributed by atoms with Gasteiger partial charge >= 0.3 is 5.69 Å². The van der Waals surface area contributed by atoms with Gasteiger partial charge in [-0.2, -0.15) is 0 Å². The van der Waals surface area contributed by atoms with Crippen LogP contribution in [0.1, 0.15) is 17.7 Å². The van der Waals surface area contributed by atoms with Gasteiger partial charge in [0.15, 0.2) is 0 Å². The molecular weight excluding hydrogens is 296 g/mol. The van der Waals surface area contributed by atoms with Crippen LogP contribution in [-0.4, -0.2) is 28.3 Å². The van der Waals surface area contributed by atoms with Crippen LogP contribution in [0.25, 0.3) is 0 Å². The zero-order valence-electron chi connectivity index (χ0n) is 13.7. The largest absolute Gasteiger partial charge is 0.469 e. The van der Waals surface area contributed by atoms with Crippen molar-refractivity contribution in [1.82, 2.24) is 14.5 Å². The normalized spacial score (nSPS) is 17.9. The van der Waals surface area contributed by atoms with E-state index in [1.807, 2.05) is 13.0 Å². The number of nitrogens with one attached hydrogen (secondary N) is 1. The maximum atomic E-state index is 12.0. The second kappa shape index (κ2) is 6.08. The number of nitrogens with zero attached hydrogens (tertiary/aromatic N) is 3. The standard InChI is InChI=1S/C16H22N4O3/c1-11-12(5-7-23-11)9-17-13-4-6-20(10-13)14-8-15(21)19(3)16(22)18(14)2/h5,7-8,13,17H,4,6,9-10H2,1-3H3/t13-/m1/s1. The molecule has 0 aromatic carbocycles. The fourth-order valence-electron chi connectivity index (χ4n) is 3.01. The number of aryl methyl sites for hydroxylation is 1. The van der Waals surface area contributed by atoms with E-state index in [-0.39, 0.29) is 11.2 Å². The van der Waals surface area contributed by atoms with Crippen LogP contribution >= 0.6 is 0 Å². The fraction of sp³-hybridized carbons (Fsp3) is 0.500. The summed E-state index contributed by atoms with van der Waals surface area (Å²) >= 11 is 0. The summed E-state index contributed by atoms with van der Waals surface area (Å²) in [6.45, 7) is 4.31. The fourth-order valence-corrected chi connectivity index (χ4v) is 3.01. The number of rotatable bonds is 4.